The summed E-state index contributed by atoms with van der Waals surface area (Å²) in [6, 6.07) is 4.48. The largest absolute Gasteiger partial charge is 0.287 e. The average Bonchev–Trinajstić information content (AvgIpc) is 2.46. The first-order chi connectivity index (χ1) is 10.5. The maximum Gasteiger partial charge on any atom is 0.287 e. The van der Waals surface area contributed by atoms with Crippen LogP contribution >= 0.6 is 34.8 Å². The number of carbonyl (C=O) groups is 2. The number of hydrogen-bond acceptors (Lipinski definition) is 3. The fourth-order valence-corrected chi connectivity index (χ4v) is 3.33. The van der Waals surface area contributed by atoms with E-state index in [1.54, 1.807) is 6.07 Å². The van der Waals surface area contributed by atoms with Gasteiger partial charge in [-0.25, -0.2) is 0 Å². The van der Waals surface area contributed by atoms with Crippen LogP contribution in [0.2, 0.25) is 15.1 Å². The van der Waals surface area contributed by atoms with Gasteiger partial charge in [-0.2, -0.15) is 0 Å². The Morgan fingerprint density at radius 1 is 1.05 bits per heavy atom. The van der Waals surface area contributed by atoms with Crippen molar-refractivity contribution in [2.24, 2.45) is 0 Å². The standard InChI is InChI=1S/C15H8Cl3NO3/c1-2-5-22-19-14(20)7-3-4-8(16)12-9(17)6-10(18)13(11(7)12)15(19)21/h2-4,6H,1,5H2. The van der Waals surface area contributed by atoms with Crippen LogP contribution in [0.15, 0.2) is 30.9 Å². The van der Waals surface area contributed by atoms with E-state index < -0.39 is 11.8 Å². The Labute approximate surface area is 140 Å². The average molecular weight is 357 g/mol. The zero-order valence-corrected chi connectivity index (χ0v) is 13.3. The highest BCUT2D eigenvalue weighted by Crippen LogP contribution is 2.41. The fraction of sp³-hybridized carbons (Fsp3) is 0.0667. The van der Waals surface area contributed by atoms with E-state index in [9.17, 15) is 9.59 Å². The monoisotopic (exact) mass is 355 g/mol. The van der Waals surface area contributed by atoms with Crippen molar-refractivity contribution in [2.75, 3.05) is 6.61 Å². The van der Waals surface area contributed by atoms with Crippen LogP contribution in [-0.2, 0) is 4.84 Å². The minimum absolute atomic E-state index is 0.00869. The minimum atomic E-state index is -0.659. The van der Waals surface area contributed by atoms with E-state index in [1.165, 1.54) is 18.2 Å². The summed E-state index contributed by atoms with van der Waals surface area (Å²) in [5.41, 5.74) is 0.393. The molecule has 0 unspecified atom stereocenters. The maximum absolute atomic E-state index is 12.5. The first-order valence-corrected chi connectivity index (χ1v) is 7.33. The highest BCUT2D eigenvalue weighted by atomic mass is 35.5. The molecule has 2 aromatic rings. The van der Waals surface area contributed by atoms with Crippen LogP contribution in [0.4, 0.5) is 0 Å². The van der Waals surface area contributed by atoms with Crippen LogP contribution < -0.4 is 0 Å². The van der Waals surface area contributed by atoms with Gasteiger partial charge in [-0.05, 0) is 18.2 Å². The van der Waals surface area contributed by atoms with Crippen molar-refractivity contribution < 1.29 is 14.4 Å². The van der Waals surface area contributed by atoms with E-state index in [1.807, 2.05) is 0 Å². The van der Waals surface area contributed by atoms with Crippen molar-refractivity contribution >= 4 is 57.4 Å². The third kappa shape index (κ3) is 2.11. The molecule has 2 aromatic carbocycles. The number of carbonyl (C=O) groups excluding carboxylic acids is 2. The number of hydroxylamine groups is 2. The molecule has 0 saturated carbocycles. The third-order valence-electron chi connectivity index (χ3n) is 3.27. The van der Waals surface area contributed by atoms with E-state index in [0.717, 1.165) is 0 Å². The molecule has 1 aliphatic rings. The number of hydrogen-bond donors (Lipinski definition) is 0. The van der Waals surface area contributed by atoms with Crippen LogP contribution in [0, 0.1) is 0 Å². The van der Waals surface area contributed by atoms with Crippen LogP contribution in [-0.4, -0.2) is 23.5 Å². The van der Waals surface area contributed by atoms with Crippen LogP contribution in [0.3, 0.4) is 0 Å². The molecule has 0 fully saturated rings. The van der Waals surface area contributed by atoms with Crippen molar-refractivity contribution in [3.05, 3.63) is 57.0 Å². The van der Waals surface area contributed by atoms with Crippen molar-refractivity contribution in [1.29, 1.82) is 0 Å². The van der Waals surface area contributed by atoms with Crippen molar-refractivity contribution in [3.8, 4) is 0 Å². The molecule has 0 N–H and O–H groups in total. The summed E-state index contributed by atoms with van der Waals surface area (Å²) in [6.07, 6.45) is 1.43. The molecule has 0 spiro atoms. The number of amides is 2. The van der Waals surface area contributed by atoms with Gasteiger partial charge in [0.05, 0.1) is 27.8 Å². The summed E-state index contributed by atoms with van der Waals surface area (Å²) in [6.45, 7) is 3.49. The number of imide groups is 1. The smallest absolute Gasteiger partial charge is 0.266 e. The molecule has 0 radical (unpaired) electrons. The van der Waals surface area contributed by atoms with Gasteiger partial charge < -0.3 is 0 Å². The van der Waals surface area contributed by atoms with E-state index in [0.29, 0.717) is 20.9 Å². The summed E-state index contributed by atoms with van der Waals surface area (Å²) in [7, 11) is 0. The summed E-state index contributed by atoms with van der Waals surface area (Å²) in [4.78, 5) is 30.2. The van der Waals surface area contributed by atoms with E-state index in [-0.39, 0.29) is 27.8 Å². The maximum atomic E-state index is 12.5. The lowest BCUT2D eigenvalue weighted by molar-refractivity contribution is -0.0842. The predicted molar refractivity (Wildman–Crippen MR) is 85.6 cm³/mol. The molecule has 0 saturated heterocycles. The van der Waals surface area contributed by atoms with Gasteiger partial charge in [-0.1, -0.05) is 40.9 Å². The lowest BCUT2D eigenvalue weighted by atomic mass is 9.95. The summed E-state index contributed by atoms with van der Waals surface area (Å²) < 4.78 is 0. The Morgan fingerprint density at radius 3 is 2.45 bits per heavy atom. The molecule has 4 nitrogen and oxygen atoms in total. The molecule has 1 aliphatic heterocycles. The van der Waals surface area contributed by atoms with Crippen molar-refractivity contribution in [2.45, 2.75) is 0 Å². The molecule has 112 valence electrons. The van der Waals surface area contributed by atoms with Gasteiger partial charge >= 0.3 is 0 Å². The molecular formula is C15H8Cl3NO3. The van der Waals surface area contributed by atoms with Gasteiger partial charge in [0.15, 0.2) is 0 Å². The van der Waals surface area contributed by atoms with Gasteiger partial charge in [0.25, 0.3) is 11.8 Å². The van der Waals surface area contributed by atoms with Gasteiger partial charge in [0.1, 0.15) is 0 Å². The Kier molecular flexibility index (Phi) is 3.87. The van der Waals surface area contributed by atoms with Gasteiger partial charge in [0.2, 0.25) is 0 Å². The fourth-order valence-electron chi connectivity index (χ4n) is 2.38. The van der Waals surface area contributed by atoms with Crippen LogP contribution in [0.5, 0.6) is 0 Å². The lowest BCUT2D eigenvalue weighted by Crippen LogP contribution is -2.40. The Bertz CT molecular complexity index is 848. The molecule has 2 amide bonds. The quantitative estimate of drug-likeness (QED) is 0.600. The van der Waals surface area contributed by atoms with Crippen LogP contribution in [0.25, 0.3) is 10.8 Å². The SMILES string of the molecule is C=CCON1C(=O)c2ccc(Cl)c3c(Cl)cc(Cl)c(c23)C1=O. The Morgan fingerprint density at radius 2 is 1.77 bits per heavy atom. The zero-order chi connectivity index (χ0) is 16.0. The molecule has 7 heteroatoms. The van der Waals surface area contributed by atoms with E-state index in [2.05, 4.69) is 6.58 Å². The number of nitrogens with zero attached hydrogens (tertiary/aromatic N) is 1. The molecule has 0 atom stereocenters. The van der Waals surface area contributed by atoms with E-state index >= 15 is 0 Å². The molecule has 3 rings (SSSR count). The van der Waals surface area contributed by atoms with Gasteiger partial charge in [-0.3, -0.25) is 14.4 Å². The molecule has 22 heavy (non-hydrogen) atoms. The zero-order valence-electron chi connectivity index (χ0n) is 11.0. The lowest BCUT2D eigenvalue weighted by Gasteiger charge is -2.26. The molecule has 1 heterocycles. The first kappa shape index (κ1) is 15.3. The van der Waals surface area contributed by atoms with Gasteiger partial charge in [0, 0.05) is 15.8 Å². The molecule has 0 bridgehead atoms. The highest BCUT2D eigenvalue weighted by molar-refractivity contribution is 6.47. The second-order valence-electron chi connectivity index (χ2n) is 4.55. The number of halogens is 3. The summed E-state index contributed by atoms with van der Waals surface area (Å²) in [5.74, 6) is -1.26. The second kappa shape index (κ2) is 5.56. The van der Waals surface area contributed by atoms with Crippen molar-refractivity contribution in [1.82, 2.24) is 5.06 Å². The first-order valence-electron chi connectivity index (χ1n) is 6.20. The molecule has 0 aliphatic carbocycles. The summed E-state index contributed by atoms with van der Waals surface area (Å²) >= 11 is 18.5. The highest BCUT2D eigenvalue weighted by Gasteiger charge is 2.36. The topological polar surface area (TPSA) is 46.6 Å². The Hall–Kier alpha value is -1.59. The minimum Gasteiger partial charge on any atom is -0.266 e. The number of benzene rings is 2. The normalized spacial score (nSPS) is 13.9. The van der Waals surface area contributed by atoms with E-state index in [4.69, 9.17) is 39.6 Å². The second-order valence-corrected chi connectivity index (χ2v) is 5.77. The number of rotatable bonds is 3. The van der Waals surface area contributed by atoms with Crippen LogP contribution in [0.1, 0.15) is 20.7 Å². The summed E-state index contributed by atoms with van der Waals surface area (Å²) in [5, 5.41) is 2.18. The molecular weight excluding hydrogens is 349 g/mol. The Balaban J connectivity index is 2.36. The van der Waals surface area contributed by atoms with Gasteiger partial charge in [-0.15, -0.1) is 11.6 Å². The molecule has 0 aromatic heterocycles. The third-order valence-corrected chi connectivity index (χ3v) is 4.18. The van der Waals surface area contributed by atoms with Crippen molar-refractivity contribution in [3.63, 3.8) is 0 Å². The predicted octanol–water partition coefficient (Wildman–Crippen LogP) is 4.51.